The summed E-state index contributed by atoms with van der Waals surface area (Å²) in [5.74, 6) is 1.84. The Morgan fingerprint density at radius 2 is 1.91 bits per heavy atom. The average Bonchev–Trinajstić information content (AvgIpc) is 3.36. The molecule has 1 atom stereocenters. The lowest BCUT2D eigenvalue weighted by Gasteiger charge is -2.36. The minimum absolute atomic E-state index is 0.00842. The molecule has 2 aromatic carbocycles. The summed E-state index contributed by atoms with van der Waals surface area (Å²) in [5, 5.41) is 0.514. The van der Waals surface area contributed by atoms with Gasteiger partial charge in [0, 0.05) is 5.92 Å². The number of carbonyl (C=O) groups excluding carboxylic acids is 1. The van der Waals surface area contributed by atoms with Gasteiger partial charge in [-0.15, -0.1) is 0 Å². The van der Waals surface area contributed by atoms with Gasteiger partial charge in [0.2, 0.25) is 5.91 Å². The number of furan rings is 1. The number of amides is 1. The molecule has 7 nitrogen and oxygen atoms in total. The quantitative estimate of drug-likeness (QED) is 0.350. The van der Waals surface area contributed by atoms with Crippen LogP contribution in [0.3, 0.4) is 0 Å². The number of nitrogens with zero attached hydrogens (tertiary/aromatic N) is 3. The summed E-state index contributed by atoms with van der Waals surface area (Å²) in [4.78, 5) is 34.4. The molecule has 1 fully saturated rings. The zero-order valence-electron chi connectivity index (χ0n) is 20.0. The molecule has 4 aromatic rings. The van der Waals surface area contributed by atoms with Crippen molar-refractivity contribution in [3.63, 3.8) is 0 Å². The van der Waals surface area contributed by atoms with Crippen molar-refractivity contribution in [3.8, 4) is 11.4 Å². The Hall–Kier alpha value is -3.87. The SMILES string of the molecule is CCC(c1nc2ccccc2c(=O)n1-c1ccccc1OC)N(Cc1ccco1)C(=O)C1CCC1. The average molecular weight is 472 g/mol. The Bertz CT molecular complexity index is 1390. The van der Waals surface area contributed by atoms with Gasteiger partial charge in [0.05, 0.1) is 42.5 Å². The number of fused-ring (bicyclic) bond motifs is 1. The zero-order chi connectivity index (χ0) is 24.4. The van der Waals surface area contributed by atoms with E-state index in [-0.39, 0.29) is 17.4 Å². The lowest BCUT2D eigenvalue weighted by Crippen LogP contribution is -2.42. The summed E-state index contributed by atoms with van der Waals surface area (Å²) >= 11 is 0. The number of methoxy groups -OCH3 is 1. The van der Waals surface area contributed by atoms with Gasteiger partial charge in [-0.2, -0.15) is 0 Å². The summed E-state index contributed by atoms with van der Waals surface area (Å²) in [6.45, 7) is 2.33. The van der Waals surface area contributed by atoms with Crippen molar-refractivity contribution in [1.82, 2.24) is 14.5 Å². The topological polar surface area (TPSA) is 77.6 Å². The second-order valence-electron chi connectivity index (χ2n) is 8.90. The highest BCUT2D eigenvalue weighted by Gasteiger charge is 2.36. The molecule has 0 aliphatic heterocycles. The van der Waals surface area contributed by atoms with Crippen LogP contribution in [0.5, 0.6) is 5.75 Å². The number of aromatic nitrogens is 2. The van der Waals surface area contributed by atoms with Gasteiger partial charge in [0.15, 0.2) is 0 Å². The fourth-order valence-electron chi connectivity index (χ4n) is 4.76. The van der Waals surface area contributed by atoms with E-state index in [1.54, 1.807) is 24.0 Å². The van der Waals surface area contributed by atoms with Crippen LogP contribution < -0.4 is 10.3 Å². The molecule has 5 rings (SSSR count). The molecular formula is C28H29N3O4. The first-order valence-corrected chi connectivity index (χ1v) is 12.1. The molecule has 1 unspecified atom stereocenters. The molecular weight excluding hydrogens is 442 g/mol. The highest BCUT2D eigenvalue weighted by Crippen LogP contribution is 2.35. The van der Waals surface area contributed by atoms with Crippen LogP contribution in [0.2, 0.25) is 0 Å². The molecule has 1 aliphatic rings. The Balaban J connectivity index is 1.73. The summed E-state index contributed by atoms with van der Waals surface area (Å²) in [6.07, 6.45) is 5.02. The van der Waals surface area contributed by atoms with Crippen molar-refractivity contribution in [2.75, 3.05) is 7.11 Å². The Morgan fingerprint density at radius 1 is 1.14 bits per heavy atom. The van der Waals surface area contributed by atoms with E-state index in [1.165, 1.54) is 0 Å². The molecule has 2 heterocycles. The summed E-state index contributed by atoms with van der Waals surface area (Å²) in [6, 6.07) is 18.0. The molecule has 0 bridgehead atoms. The Kier molecular flexibility index (Phi) is 6.40. The first kappa shape index (κ1) is 22.9. The molecule has 1 saturated carbocycles. The van der Waals surface area contributed by atoms with Crippen molar-refractivity contribution in [2.24, 2.45) is 5.92 Å². The lowest BCUT2D eigenvalue weighted by molar-refractivity contribution is -0.142. The molecule has 180 valence electrons. The molecule has 0 radical (unpaired) electrons. The Labute approximate surface area is 204 Å². The number of para-hydroxylation sites is 3. The minimum Gasteiger partial charge on any atom is -0.495 e. The molecule has 0 saturated heterocycles. The predicted molar refractivity (Wildman–Crippen MR) is 134 cm³/mol. The van der Waals surface area contributed by atoms with Crippen molar-refractivity contribution < 1.29 is 13.9 Å². The monoisotopic (exact) mass is 471 g/mol. The normalized spacial score (nSPS) is 14.5. The zero-order valence-corrected chi connectivity index (χ0v) is 20.0. The second-order valence-corrected chi connectivity index (χ2v) is 8.90. The lowest BCUT2D eigenvalue weighted by atomic mass is 9.84. The highest BCUT2D eigenvalue weighted by molar-refractivity contribution is 5.81. The molecule has 1 amide bonds. The maximum absolute atomic E-state index is 13.9. The fourth-order valence-corrected chi connectivity index (χ4v) is 4.76. The van der Waals surface area contributed by atoms with E-state index in [1.807, 2.05) is 66.4 Å². The van der Waals surface area contributed by atoms with Gasteiger partial charge in [-0.1, -0.05) is 37.6 Å². The maximum Gasteiger partial charge on any atom is 0.266 e. The van der Waals surface area contributed by atoms with E-state index < -0.39 is 6.04 Å². The van der Waals surface area contributed by atoms with Crippen molar-refractivity contribution in [2.45, 2.75) is 45.2 Å². The predicted octanol–water partition coefficient (Wildman–Crippen LogP) is 5.27. The van der Waals surface area contributed by atoms with Gasteiger partial charge in [0.25, 0.3) is 5.56 Å². The fraction of sp³-hybridized carbons (Fsp3) is 0.321. The van der Waals surface area contributed by atoms with Gasteiger partial charge >= 0.3 is 0 Å². The number of rotatable bonds is 8. The van der Waals surface area contributed by atoms with Crippen LogP contribution in [0.4, 0.5) is 0 Å². The van der Waals surface area contributed by atoms with Crippen molar-refractivity contribution in [1.29, 1.82) is 0 Å². The van der Waals surface area contributed by atoms with Crippen LogP contribution in [-0.2, 0) is 11.3 Å². The molecule has 0 spiro atoms. The third-order valence-electron chi connectivity index (χ3n) is 6.83. The first-order chi connectivity index (χ1) is 17.1. The first-order valence-electron chi connectivity index (χ1n) is 12.1. The molecule has 7 heteroatoms. The molecule has 35 heavy (non-hydrogen) atoms. The third kappa shape index (κ3) is 4.22. The van der Waals surface area contributed by atoms with E-state index in [0.29, 0.717) is 46.9 Å². The summed E-state index contributed by atoms with van der Waals surface area (Å²) in [7, 11) is 1.58. The van der Waals surface area contributed by atoms with Crippen LogP contribution in [0.25, 0.3) is 16.6 Å². The van der Waals surface area contributed by atoms with Gasteiger partial charge in [-0.05, 0) is 55.7 Å². The number of hydrogen-bond acceptors (Lipinski definition) is 5. The van der Waals surface area contributed by atoms with Crippen molar-refractivity contribution in [3.05, 3.63) is 88.9 Å². The third-order valence-corrected chi connectivity index (χ3v) is 6.83. The Morgan fingerprint density at radius 3 is 2.60 bits per heavy atom. The molecule has 1 aliphatic carbocycles. The van der Waals surface area contributed by atoms with Crippen LogP contribution >= 0.6 is 0 Å². The van der Waals surface area contributed by atoms with E-state index in [4.69, 9.17) is 14.1 Å². The molecule has 2 aromatic heterocycles. The minimum atomic E-state index is -0.435. The van der Waals surface area contributed by atoms with Gasteiger partial charge in [-0.25, -0.2) is 4.98 Å². The van der Waals surface area contributed by atoms with Gasteiger partial charge in [0.1, 0.15) is 17.3 Å². The van der Waals surface area contributed by atoms with E-state index in [2.05, 4.69) is 0 Å². The van der Waals surface area contributed by atoms with E-state index in [9.17, 15) is 9.59 Å². The number of ether oxygens (including phenoxy) is 1. The van der Waals surface area contributed by atoms with E-state index >= 15 is 0 Å². The molecule has 0 N–H and O–H groups in total. The van der Waals surface area contributed by atoms with Crippen molar-refractivity contribution >= 4 is 16.8 Å². The van der Waals surface area contributed by atoms with Gasteiger partial charge < -0.3 is 14.1 Å². The maximum atomic E-state index is 13.9. The van der Waals surface area contributed by atoms with Crippen LogP contribution in [0.15, 0.2) is 76.1 Å². The number of hydrogen-bond donors (Lipinski definition) is 0. The van der Waals surface area contributed by atoms with E-state index in [0.717, 1.165) is 19.3 Å². The smallest absolute Gasteiger partial charge is 0.266 e. The van der Waals surface area contributed by atoms with Crippen LogP contribution in [0, 0.1) is 5.92 Å². The second kappa shape index (κ2) is 9.78. The highest BCUT2D eigenvalue weighted by atomic mass is 16.5. The standard InChI is InChI=1S/C28H29N3O4/c1-3-23(30(18-20-12-9-17-35-20)27(32)19-10-8-11-19)26-29-22-14-5-4-13-21(22)28(33)31(26)24-15-6-7-16-25(24)34-2/h4-7,9,12-17,19,23H,3,8,10-11,18H2,1-2H3. The van der Waals surface area contributed by atoms with Gasteiger partial charge in [-0.3, -0.25) is 14.2 Å². The summed E-state index contributed by atoms with van der Waals surface area (Å²) in [5.41, 5.74) is 1.01. The summed E-state index contributed by atoms with van der Waals surface area (Å²) < 4.78 is 12.8. The van der Waals surface area contributed by atoms with Crippen LogP contribution in [-0.4, -0.2) is 27.5 Å². The largest absolute Gasteiger partial charge is 0.495 e. The van der Waals surface area contributed by atoms with Crippen LogP contribution in [0.1, 0.15) is 50.2 Å². The number of benzene rings is 2. The number of carbonyl (C=O) groups is 1.